The smallest absolute Gasteiger partial charge is 0.243 e. The maximum absolute atomic E-state index is 13.5. The van der Waals surface area contributed by atoms with E-state index in [-0.39, 0.29) is 0 Å². The van der Waals surface area contributed by atoms with Crippen molar-refractivity contribution >= 4 is 15.7 Å². The molecule has 31 heavy (non-hydrogen) atoms. The number of aromatic nitrogens is 2. The molecule has 1 fully saturated rings. The van der Waals surface area contributed by atoms with Gasteiger partial charge in [0.05, 0.1) is 4.90 Å². The molecule has 3 aromatic rings. The van der Waals surface area contributed by atoms with Crippen molar-refractivity contribution in [3.8, 4) is 11.4 Å². The highest BCUT2D eigenvalue weighted by Crippen LogP contribution is 2.28. The van der Waals surface area contributed by atoms with E-state index in [2.05, 4.69) is 47.1 Å². The molecule has 1 aromatic heterocycles. The lowest BCUT2D eigenvalue weighted by Gasteiger charge is -2.36. The number of benzene rings is 2. The van der Waals surface area contributed by atoms with Crippen molar-refractivity contribution in [2.75, 3.05) is 31.1 Å². The molecule has 0 saturated carbocycles. The average molecular weight is 441 g/mol. The van der Waals surface area contributed by atoms with Crippen LogP contribution in [0.5, 0.6) is 0 Å². The molecule has 0 aliphatic carbocycles. The van der Waals surface area contributed by atoms with Gasteiger partial charge < -0.3 is 9.42 Å². The van der Waals surface area contributed by atoms with E-state index >= 15 is 0 Å². The predicted molar refractivity (Wildman–Crippen MR) is 121 cm³/mol. The lowest BCUT2D eigenvalue weighted by atomic mass is 10.1. The first kappa shape index (κ1) is 21.5. The van der Waals surface area contributed by atoms with Crippen LogP contribution in [0.2, 0.25) is 0 Å². The Labute approximate surface area is 183 Å². The molecule has 4 rings (SSSR count). The molecule has 1 aliphatic rings. The van der Waals surface area contributed by atoms with Crippen molar-refractivity contribution in [2.45, 2.75) is 39.0 Å². The van der Waals surface area contributed by atoms with Gasteiger partial charge in [-0.2, -0.15) is 9.29 Å². The number of hydrogen-bond acceptors (Lipinski definition) is 6. The Bertz CT molecular complexity index is 1200. The molecule has 0 N–H and O–H groups in total. The van der Waals surface area contributed by atoms with Gasteiger partial charge in [-0.05, 0) is 49.6 Å². The van der Waals surface area contributed by atoms with Crippen LogP contribution in [-0.2, 0) is 16.4 Å². The first-order chi connectivity index (χ1) is 14.8. The second-order valence-corrected chi connectivity index (χ2v) is 9.93. The SMILES string of the molecule is CCc1nc(-c2ccc(C)c(S(=O)(=O)N3CCN(c4cc(C)ccc4C)CC3)c2)no1. The van der Waals surface area contributed by atoms with Crippen molar-refractivity contribution in [1.29, 1.82) is 0 Å². The summed E-state index contributed by atoms with van der Waals surface area (Å²) >= 11 is 0. The third kappa shape index (κ3) is 4.22. The molecular weight excluding hydrogens is 412 g/mol. The van der Waals surface area contributed by atoms with Crippen molar-refractivity contribution in [1.82, 2.24) is 14.4 Å². The second kappa shape index (κ2) is 8.43. The van der Waals surface area contributed by atoms with E-state index in [0.717, 1.165) is 0 Å². The van der Waals surface area contributed by atoms with Gasteiger partial charge in [0.15, 0.2) is 0 Å². The first-order valence-electron chi connectivity index (χ1n) is 10.6. The van der Waals surface area contributed by atoms with Gasteiger partial charge >= 0.3 is 0 Å². The third-order valence-corrected chi connectivity index (χ3v) is 7.82. The average Bonchev–Trinajstić information content (AvgIpc) is 3.25. The van der Waals surface area contributed by atoms with Crippen LogP contribution in [0.1, 0.15) is 29.5 Å². The van der Waals surface area contributed by atoms with E-state index in [1.165, 1.54) is 16.8 Å². The van der Waals surface area contributed by atoms with Crippen molar-refractivity contribution < 1.29 is 12.9 Å². The number of rotatable bonds is 5. The van der Waals surface area contributed by atoms with E-state index < -0.39 is 10.0 Å². The Morgan fingerprint density at radius 2 is 1.68 bits per heavy atom. The molecule has 8 heteroatoms. The summed E-state index contributed by atoms with van der Waals surface area (Å²) in [6.45, 7) is 10.1. The zero-order valence-electron chi connectivity index (χ0n) is 18.4. The Morgan fingerprint density at radius 3 is 2.35 bits per heavy atom. The monoisotopic (exact) mass is 440 g/mol. The van der Waals surface area contributed by atoms with Crippen LogP contribution in [0.15, 0.2) is 45.8 Å². The lowest BCUT2D eigenvalue weighted by Crippen LogP contribution is -2.49. The summed E-state index contributed by atoms with van der Waals surface area (Å²) in [5.74, 6) is 0.940. The molecule has 0 amide bonds. The summed E-state index contributed by atoms with van der Waals surface area (Å²) in [5, 5.41) is 3.98. The molecule has 0 atom stereocenters. The minimum atomic E-state index is -3.63. The molecular formula is C23H28N4O3S. The molecule has 1 saturated heterocycles. The quantitative estimate of drug-likeness (QED) is 0.601. The fourth-order valence-electron chi connectivity index (χ4n) is 3.90. The van der Waals surface area contributed by atoms with Crippen LogP contribution < -0.4 is 4.90 Å². The van der Waals surface area contributed by atoms with Crippen LogP contribution in [-0.4, -0.2) is 49.0 Å². The van der Waals surface area contributed by atoms with Crippen molar-refractivity contribution in [2.24, 2.45) is 0 Å². The van der Waals surface area contributed by atoms with Crippen LogP contribution in [0.3, 0.4) is 0 Å². The number of hydrogen-bond donors (Lipinski definition) is 0. The number of piperazine rings is 1. The summed E-state index contributed by atoms with van der Waals surface area (Å²) in [6.07, 6.45) is 0.634. The fourth-order valence-corrected chi connectivity index (χ4v) is 5.57. The van der Waals surface area contributed by atoms with E-state index in [1.807, 2.05) is 19.9 Å². The van der Waals surface area contributed by atoms with E-state index in [9.17, 15) is 8.42 Å². The van der Waals surface area contributed by atoms with Gasteiger partial charge in [-0.25, -0.2) is 8.42 Å². The molecule has 0 unspecified atom stereocenters. The van der Waals surface area contributed by atoms with Gasteiger partial charge in [0, 0.05) is 43.9 Å². The molecule has 0 radical (unpaired) electrons. The first-order valence-corrected chi connectivity index (χ1v) is 12.0. The number of anilines is 1. The Balaban J connectivity index is 1.56. The molecule has 1 aliphatic heterocycles. The van der Waals surface area contributed by atoms with Gasteiger partial charge in [0.1, 0.15) is 0 Å². The molecule has 0 spiro atoms. The normalized spacial score (nSPS) is 15.4. The minimum absolute atomic E-state index is 0.299. The number of sulfonamides is 1. The zero-order valence-corrected chi connectivity index (χ0v) is 19.2. The molecule has 2 aromatic carbocycles. The van der Waals surface area contributed by atoms with Gasteiger partial charge in [0.2, 0.25) is 21.7 Å². The van der Waals surface area contributed by atoms with Crippen LogP contribution >= 0.6 is 0 Å². The largest absolute Gasteiger partial charge is 0.369 e. The maximum Gasteiger partial charge on any atom is 0.243 e. The van der Waals surface area contributed by atoms with Gasteiger partial charge in [0.25, 0.3) is 0 Å². The van der Waals surface area contributed by atoms with Crippen molar-refractivity contribution in [3.05, 3.63) is 59.0 Å². The topological polar surface area (TPSA) is 79.5 Å². The highest BCUT2D eigenvalue weighted by atomic mass is 32.2. The molecule has 7 nitrogen and oxygen atoms in total. The lowest BCUT2D eigenvalue weighted by molar-refractivity contribution is 0.382. The Hall–Kier alpha value is -2.71. The summed E-state index contributed by atoms with van der Waals surface area (Å²) in [7, 11) is -3.63. The third-order valence-electron chi connectivity index (χ3n) is 5.78. The van der Waals surface area contributed by atoms with Crippen molar-refractivity contribution in [3.63, 3.8) is 0 Å². The second-order valence-electron chi connectivity index (χ2n) is 8.03. The summed E-state index contributed by atoms with van der Waals surface area (Å²) in [4.78, 5) is 6.90. The maximum atomic E-state index is 13.5. The summed E-state index contributed by atoms with van der Waals surface area (Å²) < 4.78 is 33.7. The standard InChI is InChI=1S/C23H28N4O3S/c1-5-22-24-23(25-30-22)19-9-8-18(4)21(15-19)31(28,29)27-12-10-26(11-13-27)20-14-16(2)6-7-17(20)3/h6-9,14-15H,5,10-13H2,1-4H3. The minimum Gasteiger partial charge on any atom is -0.369 e. The number of aryl methyl sites for hydroxylation is 4. The summed E-state index contributed by atoms with van der Waals surface area (Å²) in [6, 6.07) is 11.7. The number of nitrogens with zero attached hydrogens (tertiary/aromatic N) is 4. The summed E-state index contributed by atoms with van der Waals surface area (Å²) in [5.41, 5.74) is 4.94. The Kier molecular flexibility index (Phi) is 5.85. The predicted octanol–water partition coefficient (Wildman–Crippen LogP) is 3.74. The fraction of sp³-hybridized carbons (Fsp3) is 0.391. The van der Waals surface area contributed by atoms with Crippen LogP contribution in [0.4, 0.5) is 5.69 Å². The molecule has 2 heterocycles. The van der Waals surface area contributed by atoms with Gasteiger partial charge in [-0.15, -0.1) is 0 Å². The molecule has 164 valence electrons. The van der Waals surface area contributed by atoms with Gasteiger partial charge in [-0.1, -0.05) is 36.3 Å². The highest BCUT2D eigenvalue weighted by molar-refractivity contribution is 7.89. The van der Waals surface area contributed by atoms with Crippen LogP contribution in [0.25, 0.3) is 11.4 Å². The van der Waals surface area contributed by atoms with Crippen LogP contribution in [0, 0.1) is 20.8 Å². The zero-order chi connectivity index (χ0) is 22.2. The van der Waals surface area contributed by atoms with E-state index in [4.69, 9.17) is 4.52 Å². The van der Waals surface area contributed by atoms with E-state index in [0.29, 0.717) is 60.3 Å². The highest BCUT2D eigenvalue weighted by Gasteiger charge is 2.30. The Morgan fingerprint density at radius 1 is 0.968 bits per heavy atom. The molecule has 0 bridgehead atoms. The van der Waals surface area contributed by atoms with Gasteiger partial charge in [-0.3, -0.25) is 0 Å². The van der Waals surface area contributed by atoms with E-state index in [1.54, 1.807) is 16.4 Å².